The maximum absolute atomic E-state index is 12.6. The highest BCUT2D eigenvalue weighted by atomic mass is 35.5. The van der Waals surface area contributed by atoms with Gasteiger partial charge in [0.25, 0.3) is 0 Å². The van der Waals surface area contributed by atoms with E-state index in [2.05, 4.69) is 5.32 Å². The summed E-state index contributed by atoms with van der Waals surface area (Å²) in [5.41, 5.74) is 8.05. The van der Waals surface area contributed by atoms with Gasteiger partial charge in [-0.3, -0.25) is 4.79 Å². The molecule has 6 heteroatoms. The molecule has 0 aliphatic carbocycles. The highest BCUT2D eigenvalue weighted by Crippen LogP contribution is 2.30. The minimum Gasteiger partial charge on any atom is -0.497 e. The number of nitrogens with one attached hydrogen (secondary N) is 1. The number of methoxy groups -OCH3 is 2. The monoisotopic (exact) mass is 378 g/mol. The van der Waals surface area contributed by atoms with Gasteiger partial charge in [-0.2, -0.15) is 0 Å². The van der Waals surface area contributed by atoms with Crippen LogP contribution in [0.5, 0.6) is 11.5 Å². The molecule has 1 amide bonds. The van der Waals surface area contributed by atoms with E-state index in [9.17, 15) is 4.79 Å². The van der Waals surface area contributed by atoms with Gasteiger partial charge in [0.2, 0.25) is 5.91 Å². The van der Waals surface area contributed by atoms with Gasteiger partial charge >= 0.3 is 0 Å². The molecule has 2 rings (SSSR count). The van der Waals surface area contributed by atoms with E-state index in [4.69, 9.17) is 15.2 Å². The zero-order chi connectivity index (χ0) is 18.4. The minimum atomic E-state index is -0.361. The summed E-state index contributed by atoms with van der Waals surface area (Å²) in [7, 11) is 3.21. The SMILES string of the molecule is COc1ccc(OC)c(C(C)NC(=O)C(C)C(N)c2ccccc2)c1.Cl. The Bertz CT molecular complexity index is 709. The van der Waals surface area contributed by atoms with Gasteiger partial charge in [0.1, 0.15) is 11.5 Å². The summed E-state index contributed by atoms with van der Waals surface area (Å²) in [6, 6.07) is 14.6. The second-order valence-electron chi connectivity index (χ2n) is 6.06. The lowest BCUT2D eigenvalue weighted by Crippen LogP contribution is -2.37. The van der Waals surface area contributed by atoms with E-state index in [-0.39, 0.29) is 36.3 Å². The summed E-state index contributed by atoms with van der Waals surface area (Å²) >= 11 is 0. The maximum Gasteiger partial charge on any atom is 0.225 e. The molecule has 0 radical (unpaired) electrons. The average Bonchev–Trinajstić information content (AvgIpc) is 2.66. The van der Waals surface area contributed by atoms with Gasteiger partial charge in [-0.1, -0.05) is 37.3 Å². The summed E-state index contributed by atoms with van der Waals surface area (Å²) < 4.78 is 10.7. The first-order chi connectivity index (χ1) is 12.0. The second-order valence-corrected chi connectivity index (χ2v) is 6.06. The lowest BCUT2D eigenvalue weighted by molar-refractivity contribution is -0.125. The molecule has 0 fully saturated rings. The van der Waals surface area contributed by atoms with E-state index in [0.29, 0.717) is 11.5 Å². The van der Waals surface area contributed by atoms with Crippen molar-refractivity contribution in [1.29, 1.82) is 0 Å². The largest absolute Gasteiger partial charge is 0.497 e. The van der Waals surface area contributed by atoms with Crippen LogP contribution >= 0.6 is 12.4 Å². The summed E-state index contributed by atoms with van der Waals surface area (Å²) in [6.07, 6.45) is 0. The first-order valence-corrected chi connectivity index (χ1v) is 8.30. The van der Waals surface area contributed by atoms with Crippen LogP contribution in [0, 0.1) is 5.92 Å². The number of carbonyl (C=O) groups is 1. The number of carbonyl (C=O) groups excluding carboxylic acids is 1. The third-order valence-corrected chi connectivity index (χ3v) is 4.40. The quantitative estimate of drug-likeness (QED) is 0.771. The fourth-order valence-electron chi connectivity index (χ4n) is 2.73. The summed E-state index contributed by atoms with van der Waals surface area (Å²) in [5.74, 6) is 0.953. The lowest BCUT2D eigenvalue weighted by atomic mass is 9.94. The molecule has 0 heterocycles. The minimum absolute atomic E-state index is 0. The predicted molar refractivity (Wildman–Crippen MR) is 106 cm³/mol. The fourth-order valence-corrected chi connectivity index (χ4v) is 2.73. The molecule has 0 saturated carbocycles. The molecule has 3 atom stereocenters. The molecule has 142 valence electrons. The molecule has 0 aliphatic heterocycles. The van der Waals surface area contributed by atoms with E-state index in [0.717, 1.165) is 11.1 Å². The molecule has 0 spiro atoms. The second kappa shape index (κ2) is 10.0. The number of rotatable bonds is 7. The molecule has 3 N–H and O–H groups in total. The van der Waals surface area contributed by atoms with E-state index in [1.54, 1.807) is 14.2 Å². The van der Waals surface area contributed by atoms with Crippen LogP contribution < -0.4 is 20.5 Å². The first kappa shape index (κ1) is 21.8. The Kier molecular flexibility index (Phi) is 8.42. The van der Waals surface area contributed by atoms with Gasteiger partial charge in [-0.25, -0.2) is 0 Å². The normalized spacial score (nSPS) is 13.7. The third kappa shape index (κ3) is 5.13. The molecule has 0 aromatic heterocycles. The van der Waals surface area contributed by atoms with Crippen molar-refractivity contribution in [3.63, 3.8) is 0 Å². The van der Waals surface area contributed by atoms with E-state index in [1.165, 1.54) is 0 Å². The number of hydrogen-bond donors (Lipinski definition) is 2. The predicted octanol–water partition coefficient (Wildman–Crippen LogP) is 3.64. The zero-order valence-electron chi connectivity index (χ0n) is 15.6. The molecule has 26 heavy (non-hydrogen) atoms. The molecule has 0 bridgehead atoms. The Labute approximate surface area is 161 Å². The Morgan fingerprint density at radius 2 is 1.69 bits per heavy atom. The van der Waals surface area contributed by atoms with Crippen LogP contribution in [0.3, 0.4) is 0 Å². The maximum atomic E-state index is 12.6. The van der Waals surface area contributed by atoms with Crippen molar-refractivity contribution in [3.05, 3.63) is 59.7 Å². The number of amides is 1. The van der Waals surface area contributed by atoms with Crippen LogP contribution in [0.4, 0.5) is 0 Å². The number of ether oxygens (including phenoxy) is 2. The Hall–Kier alpha value is -2.24. The molecule has 0 aliphatic rings. The van der Waals surface area contributed by atoms with Gasteiger partial charge < -0.3 is 20.5 Å². The van der Waals surface area contributed by atoms with Gasteiger partial charge in [0.15, 0.2) is 0 Å². The lowest BCUT2D eigenvalue weighted by Gasteiger charge is -2.23. The Balaban J connectivity index is 0.00000338. The topological polar surface area (TPSA) is 73.6 Å². The molecule has 0 saturated heterocycles. The van der Waals surface area contributed by atoms with Crippen LogP contribution in [0.1, 0.15) is 37.1 Å². The van der Waals surface area contributed by atoms with Crippen LogP contribution in [-0.4, -0.2) is 20.1 Å². The highest BCUT2D eigenvalue weighted by molar-refractivity contribution is 5.85. The molecule has 3 unspecified atom stereocenters. The van der Waals surface area contributed by atoms with Crippen LogP contribution in [-0.2, 0) is 4.79 Å². The highest BCUT2D eigenvalue weighted by Gasteiger charge is 2.24. The van der Waals surface area contributed by atoms with Crippen molar-refractivity contribution in [3.8, 4) is 11.5 Å². The molecular formula is C20H27ClN2O3. The molecule has 5 nitrogen and oxygen atoms in total. The van der Waals surface area contributed by atoms with Crippen molar-refractivity contribution in [2.45, 2.75) is 25.9 Å². The number of nitrogens with two attached hydrogens (primary N) is 1. The standard InChI is InChI=1S/C20H26N2O3.ClH/c1-13(19(21)15-8-6-5-7-9-15)20(23)22-14(2)17-12-16(24-3)10-11-18(17)25-4;/h5-14,19H,21H2,1-4H3,(H,22,23);1H. The number of benzene rings is 2. The van der Waals surface area contributed by atoms with Crippen molar-refractivity contribution in [2.75, 3.05) is 14.2 Å². The molecular weight excluding hydrogens is 352 g/mol. The summed E-state index contributed by atoms with van der Waals surface area (Å²) in [4.78, 5) is 12.6. The smallest absolute Gasteiger partial charge is 0.225 e. The zero-order valence-corrected chi connectivity index (χ0v) is 16.4. The Morgan fingerprint density at radius 3 is 2.27 bits per heavy atom. The van der Waals surface area contributed by atoms with Gasteiger partial charge in [0.05, 0.1) is 26.2 Å². The fraction of sp³-hybridized carbons (Fsp3) is 0.350. The number of hydrogen-bond acceptors (Lipinski definition) is 4. The van der Waals surface area contributed by atoms with Crippen LogP contribution in [0.15, 0.2) is 48.5 Å². The van der Waals surface area contributed by atoms with Crippen molar-refractivity contribution >= 4 is 18.3 Å². The van der Waals surface area contributed by atoms with Crippen LogP contribution in [0.2, 0.25) is 0 Å². The van der Waals surface area contributed by atoms with Crippen molar-refractivity contribution in [2.24, 2.45) is 11.7 Å². The van der Waals surface area contributed by atoms with Gasteiger partial charge in [-0.05, 0) is 30.7 Å². The third-order valence-electron chi connectivity index (χ3n) is 4.40. The van der Waals surface area contributed by atoms with E-state index < -0.39 is 0 Å². The first-order valence-electron chi connectivity index (χ1n) is 8.30. The van der Waals surface area contributed by atoms with Crippen LogP contribution in [0.25, 0.3) is 0 Å². The van der Waals surface area contributed by atoms with Crippen molar-refractivity contribution in [1.82, 2.24) is 5.32 Å². The van der Waals surface area contributed by atoms with Crippen molar-refractivity contribution < 1.29 is 14.3 Å². The van der Waals surface area contributed by atoms with Gasteiger partial charge in [0, 0.05) is 11.6 Å². The van der Waals surface area contributed by atoms with E-state index >= 15 is 0 Å². The number of halogens is 1. The van der Waals surface area contributed by atoms with Gasteiger partial charge in [-0.15, -0.1) is 12.4 Å². The van der Waals surface area contributed by atoms with E-state index in [1.807, 2.05) is 62.4 Å². The average molecular weight is 379 g/mol. The Morgan fingerprint density at radius 1 is 1.04 bits per heavy atom. The summed E-state index contributed by atoms with van der Waals surface area (Å²) in [6.45, 7) is 3.75. The molecule has 2 aromatic carbocycles. The molecule has 2 aromatic rings. The summed E-state index contributed by atoms with van der Waals surface area (Å²) in [5, 5.41) is 3.02.